The number of carbonyl (C=O) groups excluding carboxylic acids is 3. The number of non-ortho nitro benzene ring substituents is 1. The van der Waals surface area contributed by atoms with Crippen LogP contribution in [0.2, 0.25) is 0 Å². The average Bonchev–Trinajstić information content (AvgIpc) is 3.29. The van der Waals surface area contributed by atoms with Gasteiger partial charge in [-0.15, -0.1) is 0 Å². The summed E-state index contributed by atoms with van der Waals surface area (Å²) >= 11 is 0. The van der Waals surface area contributed by atoms with Gasteiger partial charge in [0.1, 0.15) is 6.07 Å². The molecule has 0 radical (unpaired) electrons. The molecule has 12 heteroatoms. The van der Waals surface area contributed by atoms with Crippen LogP contribution in [0.25, 0.3) is 6.08 Å². The van der Waals surface area contributed by atoms with E-state index in [-0.39, 0.29) is 23.7 Å². The maximum Gasteiger partial charge on any atom is 0.331 e. The van der Waals surface area contributed by atoms with Crippen LogP contribution in [0.4, 0.5) is 11.4 Å². The molecule has 1 aliphatic heterocycles. The molecular weight excluding hydrogens is 448 g/mol. The van der Waals surface area contributed by atoms with Gasteiger partial charge in [-0.3, -0.25) is 19.7 Å². The first-order chi connectivity index (χ1) is 16.2. The number of nitro benzene ring substituents is 1. The number of benzene rings is 2. The summed E-state index contributed by atoms with van der Waals surface area (Å²) in [5.41, 5.74) is 0.399. The lowest BCUT2D eigenvalue weighted by atomic mass is 10.1. The van der Waals surface area contributed by atoms with Crippen LogP contribution in [0.15, 0.2) is 42.5 Å². The van der Waals surface area contributed by atoms with Gasteiger partial charge in [-0.05, 0) is 29.8 Å². The number of amides is 2. The average molecular weight is 468 g/mol. The Bertz CT molecular complexity index is 1150. The number of hydrogen-bond donors (Lipinski definition) is 1. The number of nitro groups is 1. The van der Waals surface area contributed by atoms with E-state index >= 15 is 0 Å². The number of hydrogen-bond acceptors (Lipinski definition) is 9. The van der Waals surface area contributed by atoms with Crippen LogP contribution >= 0.6 is 0 Å². The summed E-state index contributed by atoms with van der Waals surface area (Å²) in [6, 6.07) is 10.3. The molecule has 3 rings (SSSR count). The molecule has 0 aliphatic carbocycles. The fourth-order valence-electron chi connectivity index (χ4n) is 2.40. The summed E-state index contributed by atoms with van der Waals surface area (Å²) in [5, 5.41) is 22.2. The van der Waals surface area contributed by atoms with E-state index in [1.807, 2.05) is 0 Å². The lowest BCUT2D eigenvalue weighted by Gasteiger charge is -2.07. The van der Waals surface area contributed by atoms with Crippen LogP contribution < -0.4 is 14.8 Å². The third-order valence-electron chi connectivity index (χ3n) is 3.97. The second-order valence-electron chi connectivity index (χ2n) is 6.77. The first-order valence-electron chi connectivity index (χ1n) is 9.58. The zero-order chi connectivity index (χ0) is 25.1. The topological polar surface area (TPSA) is 161 Å². The van der Waals surface area contributed by atoms with Gasteiger partial charge in [0, 0.05) is 32.3 Å². The predicted molar refractivity (Wildman–Crippen MR) is 119 cm³/mol. The number of nitriles is 1. The predicted octanol–water partition coefficient (Wildman–Crippen LogP) is 2.09. The maximum absolute atomic E-state index is 11.9. The van der Waals surface area contributed by atoms with Crippen LogP contribution in [-0.2, 0) is 19.1 Å². The summed E-state index contributed by atoms with van der Waals surface area (Å²) in [6.07, 6.45) is 3.39. The highest BCUT2D eigenvalue weighted by atomic mass is 16.7. The maximum atomic E-state index is 11.9. The van der Waals surface area contributed by atoms with Crippen molar-refractivity contribution in [2.45, 2.75) is 0 Å². The van der Waals surface area contributed by atoms with Crippen LogP contribution in [0.1, 0.15) is 11.1 Å². The number of anilines is 1. The number of nitrogens with one attached hydrogen (secondary N) is 1. The molecule has 0 spiro atoms. The summed E-state index contributed by atoms with van der Waals surface area (Å²) in [4.78, 5) is 44.7. The molecule has 0 bridgehead atoms. The molecule has 176 valence electrons. The summed E-state index contributed by atoms with van der Waals surface area (Å²) in [5.74, 6) is -0.261. The quantitative estimate of drug-likeness (QED) is 0.211. The van der Waals surface area contributed by atoms with Crippen molar-refractivity contribution < 1.29 is 33.5 Å². The lowest BCUT2D eigenvalue weighted by molar-refractivity contribution is -0.384. The van der Waals surface area contributed by atoms with Crippen molar-refractivity contribution in [3.63, 3.8) is 0 Å². The van der Waals surface area contributed by atoms with Crippen molar-refractivity contribution in [1.29, 1.82) is 5.26 Å². The first-order valence-corrected chi connectivity index (χ1v) is 9.58. The molecule has 0 saturated carbocycles. The number of fused-ring (bicyclic) bond motifs is 1. The fourth-order valence-corrected chi connectivity index (χ4v) is 2.40. The second kappa shape index (κ2) is 12.2. The van der Waals surface area contributed by atoms with Gasteiger partial charge in [0.25, 0.3) is 11.6 Å². The molecule has 0 fully saturated rings. The Morgan fingerprint density at radius 2 is 1.94 bits per heavy atom. The Hall–Kier alpha value is -4.92. The Morgan fingerprint density at radius 1 is 1.24 bits per heavy atom. The van der Waals surface area contributed by atoms with Crippen LogP contribution in [0.3, 0.4) is 0 Å². The van der Waals surface area contributed by atoms with E-state index in [4.69, 9.17) is 19.5 Å². The van der Waals surface area contributed by atoms with E-state index < -0.39 is 23.4 Å². The molecule has 2 aromatic rings. The van der Waals surface area contributed by atoms with E-state index in [1.165, 1.54) is 17.0 Å². The molecule has 12 nitrogen and oxygen atoms in total. The third-order valence-corrected chi connectivity index (χ3v) is 3.97. The first kappa shape index (κ1) is 25.3. The highest BCUT2D eigenvalue weighted by Crippen LogP contribution is 2.32. The number of carbonyl (C=O) groups is 3. The molecule has 0 saturated heterocycles. The van der Waals surface area contributed by atoms with Gasteiger partial charge in [-0.25, -0.2) is 4.79 Å². The van der Waals surface area contributed by atoms with E-state index in [9.17, 15) is 24.5 Å². The van der Waals surface area contributed by atoms with Gasteiger partial charge in [0.2, 0.25) is 13.2 Å². The van der Waals surface area contributed by atoms with Gasteiger partial charge < -0.3 is 24.4 Å². The second-order valence-corrected chi connectivity index (χ2v) is 6.77. The molecule has 34 heavy (non-hydrogen) atoms. The van der Waals surface area contributed by atoms with Crippen molar-refractivity contribution in [1.82, 2.24) is 4.90 Å². The van der Waals surface area contributed by atoms with Gasteiger partial charge in [-0.1, -0.05) is 6.07 Å². The molecule has 1 N–H and O–H groups in total. The van der Waals surface area contributed by atoms with Crippen molar-refractivity contribution in [2.75, 3.05) is 32.8 Å². The molecular formula is C22H20N4O8. The Kier molecular flexibility index (Phi) is 9.09. The highest BCUT2D eigenvalue weighted by Gasteiger charge is 2.14. The minimum atomic E-state index is -0.748. The number of ether oxygens (including phenoxy) is 3. The van der Waals surface area contributed by atoms with Crippen molar-refractivity contribution in [2.24, 2.45) is 0 Å². The monoisotopic (exact) mass is 468 g/mol. The van der Waals surface area contributed by atoms with E-state index in [0.717, 1.165) is 24.6 Å². The Morgan fingerprint density at radius 3 is 2.59 bits per heavy atom. The smallest absolute Gasteiger partial charge is 0.331 e. The van der Waals surface area contributed by atoms with E-state index in [2.05, 4.69) is 5.32 Å². The van der Waals surface area contributed by atoms with E-state index in [0.29, 0.717) is 17.1 Å². The Labute approximate surface area is 194 Å². The Balaban J connectivity index is 0.000000739. The van der Waals surface area contributed by atoms with Crippen LogP contribution in [0, 0.1) is 21.4 Å². The summed E-state index contributed by atoms with van der Waals surface area (Å²) in [6.45, 7) is -0.450. The SMILES string of the molecule is CN(C)C=O.N#Cc1cc([N+](=O)[O-])ccc1NC(=O)COC(=O)C=Cc1ccc2c(c1)OCO2. The van der Waals surface area contributed by atoms with Crippen molar-refractivity contribution in [3.05, 3.63) is 63.7 Å². The van der Waals surface area contributed by atoms with Crippen LogP contribution in [0.5, 0.6) is 11.5 Å². The molecule has 2 aromatic carbocycles. The van der Waals surface area contributed by atoms with Gasteiger partial charge in [-0.2, -0.15) is 5.26 Å². The molecule has 1 aliphatic rings. The van der Waals surface area contributed by atoms with Gasteiger partial charge >= 0.3 is 5.97 Å². The summed E-state index contributed by atoms with van der Waals surface area (Å²) < 4.78 is 15.3. The molecule has 0 atom stereocenters. The van der Waals surface area contributed by atoms with Gasteiger partial charge in [0.05, 0.1) is 16.2 Å². The lowest BCUT2D eigenvalue weighted by Crippen LogP contribution is -2.20. The molecule has 2 amide bonds. The van der Waals surface area contributed by atoms with Crippen molar-refractivity contribution >= 4 is 35.7 Å². The van der Waals surface area contributed by atoms with Crippen LogP contribution in [-0.4, -0.2) is 55.6 Å². The van der Waals surface area contributed by atoms with Crippen molar-refractivity contribution in [3.8, 4) is 17.6 Å². The number of nitrogens with zero attached hydrogens (tertiary/aromatic N) is 3. The van der Waals surface area contributed by atoms with Gasteiger partial charge in [0.15, 0.2) is 18.1 Å². The standard InChI is InChI=1S/C19H13N3O7.C3H7NO/c20-9-13-8-14(22(25)26)3-4-15(13)21-18(23)10-27-19(24)6-2-12-1-5-16-17(7-12)29-11-28-16;1-4(2)3-5/h1-8H,10-11H2,(H,21,23);3H,1-2H3. The summed E-state index contributed by atoms with van der Waals surface area (Å²) in [7, 11) is 3.38. The number of rotatable bonds is 7. The minimum Gasteiger partial charge on any atom is -0.454 e. The number of esters is 1. The molecule has 0 unspecified atom stereocenters. The molecule has 0 aromatic heterocycles. The molecule has 1 heterocycles. The normalized spacial score (nSPS) is 11.0. The minimum absolute atomic E-state index is 0.0788. The third kappa shape index (κ3) is 7.65. The zero-order valence-electron chi connectivity index (χ0n) is 18.2. The zero-order valence-corrected chi connectivity index (χ0v) is 18.2. The fraction of sp³-hybridized carbons (Fsp3) is 0.182. The largest absolute Gasteiger partial charge is 0.454 e. The highest BCUT2D eigenvalue weighted by molar-refractivity contribution is 5.95. The van der Waals surface area contributed by atoms with E-state index in [1.54, 1.807) is 38.4 Å².